The predicted octanol–water partition coefficient (Wildman–Crippen LogP) is 4.45. The highest BCUT2D eigenvalue weighted by molar-refractivity contribution is 6.30. The molecule has 0 aliphatic rings. The Morgan fingerprint density at radius 2 is 1.82 bits per heavy atom. The first-order chi connectivity index (χ1) is 13.5. The van der Waals surface area contributed by atoms with Crippen LogP contribution in [0, 0.1) is 6.92 Å². The number of aryl methyl sites for hydroxylation is 1. The van der Waals surface area contributed by atoms with Crippen LogP contribution in [0.25, 0.3) is 0 Å². The average Bonchev–Trinajstić information content (AvgIpc) is 2.71. The van der Waals surface area contributed by atoms with Crippen molar-refractivity contribution >= 4 is 34.7 Å². The molecule has 0 aliphatic carbocycles. The van der Waals surface area contributed by atoms with Gasteiger partial charge in [0.25, 0.3) is 5.91 Å². The number of anilines is 3. The molecule has 0 saturated carbocycles. The van der Waals surface area contributed by atoms with Gasteiger partial charge < -0.3 is 20.1 Å². The summed E-state index contributed by atoms with van der Waals surface area (Å²) in [6.07, 6.45) is 1.32. The molecule has 0 bridgehead atoms. The van der Waals surface area contributed by atoms with Gasteiger partial charge >= 0.3 is 0 Å². The summed E-state index contributed by atoms with van der Waals surface area (Å²) in [5.74, 6) is 1.19. The van der Waals surface area contributed by atoms with Crippen molar-refractivity contribution in [3.05, 3.63) is 65.1 Å². The maximum Gasteiger partial charge on any atom is 0.274 e. The maximum atomic E-state index is 12.6. The van der Waals surface area contributed by atoms with Crippen molar-refractivity contribution in [3.63, 3.8) is 0 Å². The van der Waals surface area contributed by atoms with Gasteiger partial charge in [0.05, 0.1) is 19.9 Å². The lowest BCUT2D eigenvalue weighted by atomic mass is 10.2. The molecule has 0 radical (unpaired) electrons. The number of nitrogens with one attached hydrogen (secondary N) is 2. The molecule has 0 aliphatic heterocycles. The van der Waals surface area contributed by atoms with Gasteiger partial charge in [-0.2, -0.15) is 0 Å². The number of rotatable bonds is 6. The van der Waals surface area contributed by atoms with Crippen LogP contribution in [0.5, 0.6) is 11.5 Å². The zero-order valence-corrected chi connectivity index (χ0v) is 16.4. The van der Waals surface area contributed by atoms with Crippen LogP contribution in [0.1, 0.15) is 16.1 Å². The summed E-state index contributed by atoms with van der Waals surface area (Å²) < 4.78 is 10.5. The van der Waals surface area contributed by atoms with Gasteiger partial charge in [-0.15, -0.1) is 0 Å². The van der Waals surface area contributed by atoms with E-state index in [4.69, 9.17) is 21.1 Å². The third kappa shape index (κ3) is 4.50. The molecule has 3 aromatic rings. The number of amides is 1. The largest absolute Gasteiger partial charge is 0.497 e. The SMILES string of the molecule is COc1ccc(NC(=O)c2cc(Nc3cc(Cl)ccc3C)ncn2)c(OC)c1. The molecule has 0 atom stereocenters. The minimum atomic E-state index is -0.392. The summed E-state index contributed by atoms with van der Waals surface area (Å²) in [6, 6.07) is 12.2. The Balaban J connectivity index is 1.80. The highest BCUT2D eigenvalue weighted by atomic mass is 35.5. The number of methoxy groups -OCH3 is 2. The molecule has 0 unspecified atom stereocenters. The van der Waals surface area contributed by atoms with E-state index < -0.39 is 5.91 Å². The number of halogens is 1. The molecule has 0 saturated heterocycles. The van der Waals surface area contributed by atoms with E-state index in [0.717, 1.165) is 11.3 Å². The summed E-state index contributed by atoms with van der Waals surface area (Å²) >= 11 is 6.05. The van der Waals surface area contributed by atoms with E-state index in [1.165, 1.54) is 13.4 Å². The van der Waals surface area contributed by atoms with Crippen LogP contribution < -0.4 is 20.1 Å². The van der Waals surface area contributed by atoms with Gasteiger partial charge in [-0.3, -0.25) is 4.79 Å². The zero-order valence-electron chi connectivity index (χ0n) is 15.6. The minimum Gasteiger partial charge on any atom is -0.497 e. The molecule has 2 N–H and O–H groups in total. The minimum absolute atomic E-state index is 0.204. The monoisotopic (exact) mass is 398 g/mol. The fourth-order valence-electron chi connectivity index (χ4n) is 2.50. The number of hydrogen-bond acceptors (Lipinski definition) is 6. The van der Waals surface area contributed by atoms with Gasteiger partial charge in [-0.05, 0) is 36.8 Å². The second-order valence-corrected chi connectivity index (χ2v) is 6.33. The molecule has 1 heterocycles. The van der Waals surface area contributed by atoms with E-state index in [2.05, 4.69) is 20.6 Å². The van der Waals surface area contributed by atoms with Crippen LogP contribution in [-0.2, 0) is 0 Å². The number of aromatic nitrogens is 2. The molecule has 1 amide bonds. The second-order valence-electron chi connectivity index (χ2n) is 5.89. The Morgan fingerprint density at radius 3 is 2.57 bits per heavy atom. The molecule has 1 aromatic heterocycles. The molecule has 7 nitrogen and oxygen atoms in total. The summed E-state index contributed by atoms with van der Waals surface area (Å²) in [4.78, 5) is 20.8. The Labute approximate surface area is 167 Å². The van der Waals surface area contributed by atoms with Gasteiger partial charge in [-0.25, -0.2) is 9.97 Å². The molecule has 0 spiro atoms. The lowest BCUT2D eigenvalue weighted by molar-refractivity contribution is 0.102. The van der Waals surface area contributed by atoms with Gasteiger partial charge in [0.2, 0.25) is 0 Å². The van der Waals surface area contributed by atoms with E-state index in [0.29, 0.717) is 28.0 Å². The van der Waals surface area contributed by atoms with Crippen molar-refractivity contribution in [2.24, 2.45) is 0 Å². The van der Waals surface area contributed by atoms with Crippen molar-refractivity contribution in [1.82, 2.24) is 9.97 Å². The fraction of sp³-hybridized carbons (Fsp3) is 0.150. The molecule has 144 valence electrons. The van der Waals surface area contributed by atoms with E-state index >= 15 is 0 Å². The van der Waals surface area contributed by atoms with Crippen LogP contribution in [-0.4, -0.2) is 30.1 Å². The van der Waals surface area contributed by atoms with Crippen molar-refractivity contribution in [2.45, 2.75) is 6.92 Å². The third-order valence-electron chi connectivity index (χ3n) is 4.02. The molecule has 8 heteroatoms. The number of benzene rings is 2. The van der Waals surface area contributed by atoms with Crippen LogP contribution >= 0.6 is 11.6 Å². The fourth-order valence-corrected chi connectivity index (χ4v) is 2.68. The van der Waals surface area contributed by atoms with Gasteiger partial charge in [0, 0.05) is 22.8 Å². The number of nitrogens with zero attached hydrogens (tertiary/aromatic N) is 2. The highest BCUT2D eigenvalue weighted by Crippen LogP contribution is 2.29. The highest BCUT2D eigenvalue weighted by Gasteiger charge is 2.13. The summed E-state index contributed by atoms with van der Waals surface area (Å²) in [6.45, 7) is 1.95. The summed E-state index contributed by atoms with van der Waals surface area (Å²) in [5.41, 5.74) is 2.51. The maximum absolute atomic E-state index is 12.6. The Kier molecular flexibility index (Phi) is 5.96. The molecule has 3 rings (SSSR count). The first-order valence-electron chi connectivity index (χ1n) is 8.38. The Bertz CT molecular complexity index is 1010. The summed E-state index contributed by atoms with van der Waals surface area (Å²) in [5, 5.41) is 6.54. The Hall–Kier alpha value is -3.32. The van der Waals surface area contributed by atoms with Crippen LogP contribution in [0.15, 0.2) is 48.8 Å². The summed E-state index contributed by atoms with van der Waals surface area (Å²) in [7, 11) is 3.08. The quantitative estimate of drug-likeness (QED) is 0.638. The predicted molar refractivity (Wildman–Crippen MR) is 109 cm³/mol. The number of ether oxygens (including phenoxy) is 2. The van der Waals surface area contributed by atoms with E-state index in [1.54, 1.807) is 37.4 Å². The van der Waals surface area contributed by atoms with Crippen LogP contribution in [0.3, 0.4) is 0 Å². The Morgan fingerprint density at radius 1 is 1.00 bits per heavy atom. The van der Waals surface area contributed by atoms with Gasteiger partial charge in [0.1, 0.15) is 29.3 Å². The van der Waals surface area contributed by atoms with Crippen LogP contribution in [0.4, 0.5) is 17.2 Å². The van der Waals surface area contributed by atoms with Crippen molar-refractivity contribution in [2.75, 3.05) is 24.9 Å². The van der Waals surface area contributed by atoms with E-state index in [-0.39, 0.29) is 5.69 Å². The van der Waals surface area contributed by atoms with Crippen LogP contribution in [0.2, 0.25) is 5.02 Å². The standard InChI is InChI=1S/C20H19ClN4O3/c1-12-4-5-13(21)8-16(12)24-19-10-17(22-11-23-19)20(26)25-15-7-6-14(27-2)9-18(15)28-3/h4-11H,1-3H3,(H,25,26)(H,22,23,24). The first-order valence-corrected chi connectivity index (χ1v) is 8.76. The number of carbonyl (C=O) groups excluding carboxylic acids is 1. The molecular formula is C20H19ClN4O3. The van der Waals surface area contributed by atoms with Crippen molar-refractivity contribution in [3.8, 4) is 11.5 Å². The second kappa shape index (κ2) is 8.58. The lowest BCUT2D eigenvalue weighted by Crippen LogP contribution is -2.15. The molecule has 28 heavy (non-hydrogen) atoms. The first kappa shape index (κ1) is 19.4. The topological polar surface area (TPSA) is 85.4 Å². The molecule has 0 fully saturated rings. The van der Waals surface area contributed by atoms with Gasteiger partial charge in [0.15, 0.2) is 0 Å². The van der Waals surface area contributed by atoms with E-state index in [1.807, 2.05) is 19.1 Å². The number of hydrogen-bond donors (Lipinski definition) is 2. The molecule has 2 aromatic carbocycles. The average molecular weight is 399 g/mol. The van der Waals surface area contributed by atoms with Crippen molar-refractivity contribution in [1.29, 1.82) is 0 Å². The zero-order chi connectivity index (χ0) is 20.1. The number of carbonyl (C=O) groups is 1. The molecular weight excluding hydrogens is 380 g/mol. The lowest BCUT2D eigenvalue weighted by Gasteiger charge is -2.12. The van der Waals surface area contributed by atoms with E-state index in [9.17, 15) is 4.79 Å². The third-order valence-corrected chi connectivity index (χ3v) is 4.25. The van der Waals surface area contributed by atoms with Crippen molar-refractivity contribution < 1.29 is 14.3 Å². The smallest absolute Gasteiger partial charge is 0.274 e. The normalized spacial score (nSPS) is 10.3. The van der Waals surface area contributed by atoms with Gasteiger partial charge in [-0.1, -0.05) is 17.7 Å².